The first kappa shape index (κ1) is 19.3. The Morgan fingerprint density at radius 3 is 2.52 bits per heavy atom. The van der Waals surface area contributed by atoms with Crippen LogP contribution >= 0.6 is 0 Å². The van der Waals surface area contributed by atoms with Gasteiger partial charge in [0.25, 0.3) is 5.91 Å². The number of rotatable bonds is 6. The molecule has 1 N–H and O–H groups in total. The minimum Gasteiger partial charge on any atom is -0.490 e. The molecule has 1 amide bonds. The Balaban J connectivity index is 1.29. The number of amides is 1. The lowest BCUT2D eigenvalue weighted by molar-refractivity contribution is -0.118. The molecule has 150 valence electrons. The molecule has 0 saturated carbocycles. The zero-order valence-electron chi connectivity index (χ0n) is 16.6. The SMILES string of the molecule is CN1CCC(Oc2ccc(NC(=O)COc3cccc4ccccc34)cc2)CC1. The first-order chi connectivity index (χ1) is 14.2. The molecule has 1 heterocycles. The highest BCUT2D eigenvalue weighted by Gasteiger charge is 2.17. The second-order valence-corrected chi connectivity index (χ2v) is 7.46. The van der Waals surface area contributed by atoms with E-state index in [2.05, 4.69) is 17.3 Å². The Morgan fingerprint density at radius 1 is 1.00 bits per heavy atom. The van der Waals surface area contributed by atoms with Crippen molar-refractivity contribution in [2.24, 2.45) is 0 Å². The minimum atomic E-state index is -0.193. The average Bonchev–Trinajstić information content (AvgIpc) is 2.75. The van der Waals surface area contributed by atoms with Crippen molar-refractivity contribution in [3.05, 3.63) is 66.7 Å². The number of anilines is 1. The molecule has 3 aromatic carbocycles. The van der Waals surface area contributed by atoms with Crippen LogP contribution < -0.4 is 14.8 Å². The predicted octanol–water partition coefficient (Wildman–Crippen LogP) is 4.33. The molecule has 0 bridgehead atoms. The van der Waals surface area contributed by atoms with Gasteiger partial charge in [0, 0.05) is 24.2 Å². The van der Waals surface area contributed by atoms with E-state index in [9.17, 15) is 4.79 Å². The number of hydrogen-bond donors (Lipinski definition) is 1. The fourth-order valence-electron chi connectivity index (χ4n) is 3.57. The third-order valence-corrected chi connectivity index (χ3v) is 5.21. The van der Waals surface area contributed by atoms with E-state index in [4.69, 9.17) is 9.47 Å². The molecule has 0 aliphatic carbocycles. The smallest absolute Gasteiger partial charge is 0.262 e. The van der Waals surface area contributed by atoms with Crippen molar-refractivity contribution in [2.45, 2.75) is 18.9 Å². The van der Waals surface area contributed by atoms with Gasteiger partial charge >= 0.3 is 0 Å². The van der Waals surface area contributed by atoms with Crippen LogP contribution in [-0.2, 0) is 4.79 Å². The van der Waals surface area contributed by atoms with Gasteiger partial charge in [-0.2, -0.15) is 0 Å². The third kappa shape index (κ3) is 5.06. The van der Waals surface area contributed by atoms with E-state index in [1.165, 1.54) is 0 Å². The molecule has 1 aliphatic heterocycles. The van der Waals surface area contributed by atoms with Crippen molar-refractivity contribution in [3.63, 3.8) is 0 Å². The van der Waals surface area contributed by atoms with Crippen molar-refractivity contribution < 1.29 is 14.3 Å². The topological polar surface area (TPSA) is 50.8 Å². The highest BCUT2D eigenvalue weighted by Crippen LogP contribution is 2.25. The van der Waals surface area contributed by atoms with E-state index in [0.29, 0.717) is 5.75 Å². The number of carbonyl (C=O) groups is 1. The molecule has 5 nitrogen and oxygen atoms in total. The Kier molecular flexibility index (Phi) is 5.96. The summed E-state index contributed by atoms with van der Waals surface area (Å²) in [6, 6.07) is 21.3. The number of nitrogens with one attached hydrogen (secondary N) is 1. The molecule has 0 radical (unpaired) electrons. The maximum Gasteiger partial charge on any atom is 0.262 e. The lowest BCUT2D eigenvalue weighted by atomic mass is 10.1. The summed E-state index contributed by atoms with van der Waals surface area (Å²) in [6.07, 6.45) is 2.35. The first-order valence-corrected chi connectivity index (χ1v) is 10.0. The molecular formula is C24H26N2O3. The minimum absolute atomic E-state index is 0.0398. The van der Waals surface area contributed by atoms with Crippen molar-refractivity contribution in [1.29, 1.82) is 0 Å². The lowest BCUT2D eigenvalue weighted by Gasteiger charge is -2.29. The van der Waals surface area contributed by atoms with Crippen LogP contribution in [0.3, 0.4) is 0 Å². The number of carbonyl (C=O) groups excluding carboxylic acids is 1. The Morgan fingerprint density at radius 2 is 1.72 bits per heavy atom. The van der Waals surface area contributed by atoms with Gasteiger partial charge in [0.2, 0.25) is 0 Å². The molecule has 1 fully saturated rings. The maximum atomic E-state index is 12.3. The molecule has 29 heavy (non-hydrogen) atoms. The van der Waals surface area contributed by atoms with Gasteiger partial charge in [-0.05, 0) is 55.6 Å². The maximum absolute atomic E-state index is 12.3. The molecular weight excluding hydrogens is 364 g/mol. The van der Waals surface area contributed by atoms with E-state index in [1.54, 1.807) is 0 Å². The van der Waals surface area contributed by atoms with E-state index in [1.807, 2.05) is 66.7 Å². The van der Waals surface area contributed by atoms with Crippen LogP contribution in [0.15, 0.2) is 66.7 Å². The third-order valence-electron chi connectivity index (χ3n) is 5.21. The first-order valence-electron chi connectivity index (χ1n) is 10.0. The highest BCUT2D eigenvalue weighted by molar-refractivity contribution is 5.93. The van der Waals surface area contributed by atoms with Crippen molar-refractivity contribution in [3.8, 4) is 11.5 Å². The summed E-state index contributed by atoms with van der Waals surface area (Å²) in [5.74, 6) is 1.35. The van der Waals surface area contributed by atoms with Gasteiger partial charge in [0.15, 0.2) is 6.61 Å². The summed E-state index contributed by atoms with van der Waals surface area (Å²) in [7, 11) is 2.14. The molecule has 0 aromatic heterocycles. The number of nitrogens with zero attached hydrogens (tertiary/aromatic N) is 1. The van der Waals surface area contributed by atoms with E-state index in [0.717, 1.165) is 48.1 Å². The summed E-state index contributed by atoms with van der Waals surface area (Å²) in [4.78, 5) is 14.6. The molecule has 5 heteroatoms. The summed E-state index contributed by atoms with van der Waals surface area (Å²) in [6.45, 7) is 2.09. The Hall–Kier alpha value is -3.05. The monoisotopic (exact) mass is 390 g/mol. The zero-order chi connectivity index (χ0) is 20.1. The van der Waals surface area contributed by atoms with Crippen LogP contribution in [0.25, 0.3) is 10.8 Å². The quantitative estimate of drug-likeness (QED) is 0.681. The van der Waals surface area contributed by atoms with Gasteiger partial charge in [-0.25, -0.2) is 0 Å². The number of fused-ring (bicyclic) bond motifs is 1. The van der Waals surface area contributed by atoms with Crippen LogP contribution in [0.5, 0.6) is 11.5 Å². The molecule has 0 atom stereocenters. The van der Waals surface area contributed by atoms with Gasteiger partial charge in [-0.1, -0.05) is 36.4 Å². The van der Waals surface area contributed by atoms with E-state index >= 15 is 0 Å². The summed E-state index contributed by atoms with van der Waals surface area (Å²) in [5.41, 5.74) is 0.729. The fraction of sp³-hybridized carbons (Fsp3) is 0.292. The van der Waals surface area contributed by atoms with Crippen LogP contribution in [0, 0.1) is 0 Å². The van der Waals surface area contributed by atoms with Crippen LogP contribution in [0.1, 0.15) is 12.8 Å². The van der Waals surface area contributed by atoms with E-state index in [-0.39, 0.29) is 18.6 Å². The average molecular weight is 390 g/mol. The fourth-order valence-corrected chi connectivity index (χ4v) is 3.57. The van der Waals surface area contributed by atoms with Crippen molar-refractivity contribution >= 4 is 22.4 Å². The van der Waals surface area contributed by atoms with E-state index < -0.39 is 0 Å². The number of ether oxygens (including phenoxy) is 2. The molecule has 3 aromatic rings. The standard InChI is InChI=1S/C24H26N2O3/c1-26-15-13-21(14-16-26)29-20-11-9-19(10-12-20)25-24(27)17-28-23-8-4-6-18-5-2-3-7-22(18)23/h2-12,21H,13-17H2,1H3,(H,25,27). The largest absolute Gasteiger partial charge is 0.490 e. The van der Waals surface area contributed by atoms with Gasteiger partial charge < -0.3 is 19.7 Å². The number of piperidine rings is 1. The molecule has 1 saturated heterocycles. The molecule has 4 rings (SSSR count). The number of likely N-dealkylation sites (tertiary alicyclic amines) is 1. The second kappa shape index (κ2) is 8.97. The van der Waals surface area contributed by atoms with Gasteiger partial charge in [0.05, 0.1) is 0 Å². The normalized spacial score (nSPS) is 15.2. The van der Waals surface area contributed by atoms with Crippen LogP contribution in [0.4, 0.5) is 5.69 Å². The van der Waals surface area contributed by atoms with Crippen molar-refractivity contribution in [1.82, 2.24) is 4.90 Å². The second-order valence-electron chi connectivity index (χ2n) is 7.46. The van der Waals surface area contributed by atoms with Crippen molar-refractivity contribution in [2.75, 3.05) is 32.1 Å². The lowest BCUT2D eigenvalue weighted by Crippen LogP contribution is -2.35. The highest BCUT2D eigenvalue weighted by atomic mass is 16.5. The summed E-state index contributed by atoms with van der Waals surface area (Å²) >= 11 is 0. The van der Waals surface area contributed by atoms with Gasteiger partial charge in [-0.15, -0.1) is 0 Å². The Bertz CT molecular complexity index is 958. The van der Waals surface area contributed by atoms with Gasteiger partial charge in [0.1, 0.15) is 17.6 Å². The van der Waals surface area contributed by atoms with Crippen LogP contribution in [-0.4, -0.2) is 43.7 Å². The molecule has 1 aliphatic rings. The van der Waals surface area contributed by atoms with Gasteiger partial charge in [-0.3, -0.25) is 4.79 Å². The Labute approximate surface area is 171 Å². The molecule has 0 unspecified atom stereocenters. The number of benzene rings is 3. The summed E-state index contributed by atoms with van der Waals surface area (Å²) in [5, 5.41) is 4.96. The predicted molar refractivity (Wildman–Crippen MR) is 116 cm³/mol. The zero-order valence-corrected chi connectivity index (χ0v) is 16.6. The molecule has 0 spiro atoms. The number of hydrogen-bond acceptors (Lipinski definition) is 4. The van der Waals surface area contributed by atoms with Crippen LogP contribution in [0.2, 0.25) is 0 Å². The summed E-state index contributed by atoms with van der Waals surface area (Å²) < 4.78 is 11.8.